The molecule has 2 rings (SSSR count). The van der Waals surface area contributed by atoms with Crippen molar-refractivity contribution in [2.24, 2.45) is 0 Å². The molecule has 0 aliphatic rings. The van der Waals surface area contributed by atoms with Gasteiger partial charge in [0.2, 0.25) is 0 Å². The molecular formula is C18H17NO3S. The van der Waals surface area contributed by atoms with E-state index in [2.05, 4.69) is 10.8 Å². The number of esters is 1. The van der Waals surface area contributed by atoms with E-state index in [9.17, 15) is 4.79 Å². The average molecular weight is 327 g/mol. The highest BCUT2D eigenvalue weighted by atomic mass is 32.2. The van der Waals surface area contributed by atoms with E-state index in [1.54, 1.807) is 36.0 Å². The molecule has 0 N–H and O–H groups in total. The molecular weight excluding hydrogens is 310 g/mol. The van der Waals surface area contributed by atoms with Gasteiger partial charge in [-0.15, -0.1) is 0 Å². The molecule has 0 aliphatic heterocycles. The Morgan fingerprint density at radius 3 is 2.70 bits per heavy atom. The molecule has 118 valence electrons. The Kier molecular flexibility index (Phi) is 6.52. The second-order valence-corrected chi connectivity index (χ2v) is 5.83. The number of carbonyl (C=O) groups excluding carboxylic acids is 1. The normalized spacial score (nSPS) is 9.91. The number of rotatable bonds is 7. The topological polar surface area (TPSA) is 59.3 Å². The van der Waals surface area contributed by atoms with Crippen LogP contribution in [0.25, 0.3) is 0 Å². The number of hydrogen-bond acceptors (Lipinski definition) is 5. The minimum absolute atomic E-state index is 0.322. The first-order valence-electron chi connectivity index (χ1n) is 7.11. The number of thioether (sulfide) groups is 1. The van der Waals surface area contributed by atoms with Crippen molar-refractivity contribution in [3.63, 3.8) is 0 Å². The van der Waals surface area contributed by atoms with Gasteiger partial charge in [0, 0.05) is 11.5 Å². The zero-order valence-corrected chi connectivity index (χ0v) is 13.6. The van der Waals surface area contributed by atoms with Crippen molar-refractivity contribution < 1.29 is 14.3 Å². The van der Waals surface area contributed by atoms with Crippen molar-refractivity contribution in [1.29, 1.82) is 5.26 Å². The van der Waals surface area contributed by atoms with Gasteiger partial charge < -0.3 is 9.47 Å². The highest BCUT2D eigenvalue weighted by Gasteiger charge is 2.04. The van der Waals surface area contributed by atoms with Crippen molar-refractivity contribution in [2.75, 3.05) is 19.5 Å². The van der Waals surface area contributed by atoms with Gasteiger partial charge in [0.1, 0.15) is 5.75 Å². The fraction of sp³-hybridized carbons (Fsp3) is 0.222. The van der Waals surface area contributed by atoms with Gasteiger partial charge in [-0.25, -0.2) is 4.79 Å². The van der Waals surface area contributed by atoms with E-state index in [1.807, 2.05) is 24.3 Å². The molecule has 23 heavy (non-hydrogen) atoms. The molecule has 0 fully saturated rings. The lowest BCUT2D eigenvalue weighted by Crippen LogP contribution is -2.01. The first kappa shape index (κ1) is 16.9. The summed E-state index contributed by atoms with van der Waals surface area (Å²) in [7, 11) is 1.37. The van der Waals surface area contributed by atoms with Crippen LogP contribution in [0.2, 0.25) is 0 Å². The van der Waals surface area contributed by atoms with E-state index in [4.69, 9.17) is 10.00 Å². The van der Waals surface area contributed by atoms with Crippen molar-refractivity contribution in [3.8, 4) is 11.8 Å². The molecule has 0 amide bonds. The summed E-state index contributed by atoms with van der Waals surface area (Å²) in [6.45, 7) is 0.583. The van der Waals surface area contributed by atoms with E-state index in [-0.39, 0.29) is 5.97 Å². The predicted octanol–water partition coefficient (Wildman–Crippen LogP) is 3.66. The van der Waals surface area contributed by atoms with E-state index >= 15 is 0 Å². The van der Waals surface area contributed by atoms with Gasteiger partial charge in [0.15, 0.2) is 0 Å². The van der Waals surface area contributed by atoms with Crippen molar-refractivity contribution >= 4 is 17.7 Å². The fourth-order valence-electron chi connectivity index (χ4n) is 1.92. The van der Waals surface area contributed by atoms with Crippen molar-refractivity contribution in [2.45, 2.75) is 5.75 Å². The Bertz CT molecular complexity index is 692. The number of carbonyl (C=O) groups is 1. The van der Waals surface area contributed by atoms with Gasteiger partial charge in [-0.2, -0.15) is 17.0 Å². The van der Waals surface area contributed by atoms with Gasteiger partial charge in [0.05, 0.1) is 30.9 Å². The van der Waals surface area contributed by atoms with Crippen LogP contribution in [0.15, 0.2) is 48.5 Å². The van der Waals surface area contributed by atoms with Crippen LogP contribution < -0.4 is 4.74 Å². The molecule has 0 spiro atoms. The van der Waals surface area contributed by atoms with Crippen LogP contribution in [0, 0.1) is 11.3 Å². The van der Waals surface area contributed by atoms with E-state index in [1.165, 1.54) is 7.11 Å². The molecule has 0 aromatic heterocycles. The van der Waals surface area contributed by atoms with E-state index < -0.39 is 0 Å². The van der Waals surface area contributed by atoms with Gasteiger partial charge in [0.25, 0.3) is 0 Å². The number of ether oxygens (including phenoxy) is 2. The Morgan fingerprint density at radius 1 is 1.22 bits per heavy atom. The zero-order valence-electron chi connectivity index (χ0n) is 12.8. The summed E-state index contributed by atoms with van der Waals surface area (Å²) in [5, 5.41) is 8.83. The molecule has 0 saturated carbocycles. The Hall–Kier alpha value is -2.45. The Morgan fingerprint density at radius 2 is 2.00 bits per heavy atom. The largest absolute Gasteiger partial charge is 0.493 e. The monoisotopic (exact) mass is 327 g/mol. The highest BCUT2D eigenvalue weighted by Crippen LogP contribution is 2.16. The smallest absolute Gasteiger partial charge is 0.337 e. The summed E-state index contributed by atoms with van der Waals surface area (Å²) >= 11 is 1.75. The fourth-order valence-corrected chi connectivity index (χ4v) is 2.69. The van der Waals surface area contributed by atoms with E-state index in [0.29, 0.717) is 23.5 Å². The lowest BCUT2D eigenvalue weighted by Gasteiger charge is -2.06. The molecule has 0 heterocycles. The summed E-state index contributed by atoms with van der Waals surface area (Å²) in [5.41, 5.74) is 2.30. The lowest BCUT2D eigenvalue weighted by atomic mass is 10.1. The van der Waals surface area contributed by atoms with Crippen molar-refractivity contribution in [3.05, 3.63) is 65.2 Å². The van der Waals surface area contributed by atoms with Crippen LogP contribution in [0.4, 0.5) is 0 Å². The summed E-state index contributed by atoms with van der Waals surface area (Å²) in [6.07, 6.45) is 0. The third kappa shape index (κ3) is 5.35. The van der Waals surface area contributed by atoms with Crippen LogP contribution in [-0.2, 0) is 10.5 Å². The molecule has 0 radical (unpaired) electrons. The number of hydrogen-bond donors (Lipinski definition) is 0. The van der Waals surface area contributed by atoms with Crippen LogP contribution >= 0.6 is 11.8 Å². The number of nitriles is 1. The maximum Gasteiger partial charge on any atom is 0.337 e. The van der Waals surface area contributed by atoms with Crippen LogP contribution in [0.3, 0.4) is 0 Å². The SMILES string of the molecule is COC(=O)c1ccc(CSCCOc2cccc(C#N)c2)cc1. The molecule has 0 unspecified atom stereocenters. The molecule has 5 heteroatoms. The minimum Gasteiger partial charge on any atom is -0.493 e. The third-order valence-electron chi connectivity index (χ3n) is 3.10. The Balaban J connectivity index is 1.71. The number of nitrogens with zero attached hydrogens (tertiary/aromatic N) is 1. The van der Waals surface area contributed by atoms with Crippen LogP contribution in [0.1, 0.15) is 21.5 Å². The minimum atomic E-state index is -0.322. The van der Waals surface area contributed by atoms with Crippen LogP contribution in [0.5, 0.6) is 5.75 Å². The third-order valence-corrected chi connectivity index (χ3v) is 4.10. The first-order valence-corrected chi connectivity index (χ1v) is 8.26. The van der Waals surface area contributed by atoms with Crippen molar-refractivity contribution in [1.82, 2.24) is 0 Å². The van der Waals surface area contributed by atoms with Gasteiger partial charge in [-0.3, -0.25) is 0 Å². The molecule has 0 atom stereocenters. The standard InChI is InChI=1S/C18H17NO3S/c1-21-18(20)16-7-5-14(6-8-16)13-23-10-9-22-17-4-2-3-15(11-17)12-19/h2-8,11H,9-10,13H2,1H3. The summed E-state index contributed by atoms with van der Waals surface area (Å²) in [4.78, 5) is 11.3. The molecule has 2 aromatic carbocycles. The number of benzene rings is 2. The average Bonchev–Trinajstić information content (AvgIpc) is 2.61. The predicted molar refractivity (Wildman–Crippen MR) is 90.6 cm³/mol. The van der Waals surface area contributed by atoms with Gasteiger partial charge in [-0.05, 0) is 35.9 Å². The Labute approximate surface area is 140 Å². The maximum absolute atomic E-state index is 11.3. The summed E-state index contributed by atoms with van der Waals surface area (Å²) in [6, 6.07) is 16.6. The molecule has 0 saturated heterocycles. The van der Waals surface area contributed by atoms with E-state index in [0.717, 1.165) is 17.1 Å². The zero-order chi connectivity index (χ0) is 16.5. The number of methoxy groups -OCH3 is 1. The summed E-state index contributed by atoms with van der Waals surface area (Å²) < 4.78 is 10.3. The quantitative estimate of drug-likeness (QED) is 0.574. The second-order valence-electron chi connectivity index (χ2n) is 4.73. The molecule has 0 aliphatic carbocycles. The lowest BCUT2D eigenvalue weighted by molar-refractivity contribution is 0.0600. The molecule has 4 nitrogen and oxygen atoms in total. The van der Waals surface area contributed by atoms with Gasteiger partial charge in [-0.1, -0.05) is 18.2 Å². The maximum atomic E-state index is 11.3. The second kappa shape index (κ2) is 8.86. The van der Waals surface area contributed by atoms with Crippen LogP contribution in [-0.4, -0.2) is 25.4 Å². The summed E-state index contributed by atoms with van der Waals surface area (Å²) in [5.74, 6) is 2.09. The molecule has 2 aromatic rings. The molecule has 0 bridgehead atoms. The first-order chi connectivity index (χ1) is 11.2. The highest BCUT2D eigenvalue weighted by molar-refractivity contribution is 7.98. The van der Waals surface area contributed by atoms with Gasteiger partial charge >= 0.3 is 5.97 Å².